The van der Waals surface area contributed by atoms with Gasteiger partial charge in [-0.05, 0) is 0 Å². The first-order valence-electron chi connectivity index (χ1n) is 0.429. The molecule has 0 radical (unpaired) electrons. The molecule has 0 unspecified atom stereocenters. The van der Waals surface area contributed by atoms with Crippen LogP contribution >= 0.6 is 38.6 Å². The molecule has 0 fully saturated rings. The van der Waals surface area contributed by atoms with Crippen LogP contribution in [-0.2, 0) is 0 Å². The summed E-state index contributed by atoms with van der Waals surface area (Å²) in [6.45, 7) is 0. The summed E-state index contributed by atoms with van der Waals surface area (Å²) >= 11 is 0.0477. The third kappa shape index (κ3) is 9.90. The Hall–Kier alpha value is 1.43. The number of hydrogen-bond donors (Lipinski definition) is 0. The second-order valence-corrected chi connectivity index (χ2v) is 8.61. The second kappa shape index (κ2) is 2.66. The molecule has 0 N–H and O–H groups in total. The van der Waals surface area contributed by atoms with Gasteiger partial charge in [-0.3, -0.25) is 0 Å². The van der Waals surface area contributed by atoms with Gasteiger partial charge in [0.15, 0.2) is 0 Å². The maximum absolute atomic E-state index is 10.8. The summed E-state index contributed by atoms with van der Waals surface area (Å²) in [5.74, 6) is 0. The van der Waals surface area contributed by atoms with E-state index in [-0.39, 0.29) is 0 Å². The Kier molecular flexibility index (Phi) is 3.61. The third-order valence-electron chi connectivity index (χ3n) is 0. The zero-order valence-electron chi connectivity index (χ0n) is 1.51. The molecule has 0 bridgehead atoms. The molecule has 0 aromatic heterocycles. The summed E-state index contributed by atoms with van der Waals surface area (Å²) in [5.41, 5.74) is 0. The van der Waals surface area contributed by atoms with Crippen molar-refractivity contribution in [3.05, 3.63) is 0 Å². The second-order valence-electron chi connectivity index (χ2n) is 0.162. The van der Waals surface area contributed by atoms with Crippen molar-refractivity contribution in [3.63, 3.8) is 0 Å². The van der Waals surface area contributed by atoms with Crippen LogP contribution in [0.1, 0.15) is 0 Å². The molecule has 28 valence electrons. The minimum atomic E-state index is -2.48. The molecular weight excluding hydrogens is 261 g/mol. The van der Waals surface area contributed by atoms with E-state index in [4.69, 9.17) is 0 Å². The van der Waals surface area contributed by atoms with Crippen molar-refractivity contribution in [3.8, 4) is 0 Å². The molecule has 0 aromatic carbocycles. The topological polar surface area (TPSA) is 0 Å². The average Bonchev–Trinajstić information content (AvgIpc) is 0.811. The number of halogens is 4. The molecular formula is BrClFI. The fraction of sp³-hybridized carbons (Fsp3) is 0. The first-order chi connectivity index (χ1) is 1.73. The van der Waals surface area contributed by atoms with Crippen molar-refractivity contribution in [1.82, 2.24) is 0 Å². The molecule has 0 saturated carbocycles. The Morgan fingerprint density at radius 3 is 2.00 bits per heavy atom. The maximum atomic E-state index is 10.8. The molecule has 0 aliphatic rings. The van der Waals surface area contributed by atoms with Crippen LogP contribution in [0.3, 0.4) is 0 Å². The van der Waals surface area contributed by atoms with Crippen LogP contribution in [0.5, 0.6) is 0 Å². The van der Waals surface area contributed by atoms with Gasteiger partial charge in [0, 0.05) is 0 Å². The predicted octanol–water partition coefficient (Wildman–Crippen LogP) is 2.84. The summed E-state index contributed by atoms with van der Waals surface area (Å²) in [7, 11) is 4.68. The first-order valence-corrected chi connectivity index (χ1v) is 8.81. The Morgan fingerprint density at radius 2 is 2.00 bits per heavy atom. The summed E-state index contributed by atoms with van der Waals surface area (Å²) in [5, 5.41) is 0. The quantitative estimate of drug-likeness (QED) is 0.588. The Balaban J connectivity index is 2.32. The first kappa shape index (κ1) is 5.43. The fourth-order valence-corrected chi connectivity index (χ4v) is 0. The Morgan fingerprint density at radius 1 is 2.00 bits per heavy atom. The summed E-state index contributed by atoms with van der Waals surface area (Å²) in [6, 6.07) is 0. The van der Waals surface area contributed by atoms with E-state index in [9.17, 15) is 2.86 Å². The van der Waals surface area contributed by atoms with Gasteiger partial charge >= 0.3 is 41.5 Å². The van der Waals surface area contributed by atoms with Crippen LogP contribution in [0.15, 0.2) is 0 Å². The summed E-state index contributed by atoms with van der Waals surface area (Å²) < 4.78 is 10.8. The summed E-state index contributed by atoms with van der Waals surface area (Å²) in [4.78, 5) is 0. The Bertz CT molecular complexity index is 12.8. The molecule has 0 aliphatic carbocycles. The van der Waals surface area contributed by atoms with E-state index in [1.54, 1.807) is 0 Å². The predicted molar refractivity (Wildman–Crippen MR) is 29.9 cm³/mol. The van der Waals surface area contributed by atoms with E-state index < -0.39 is 17.0 Å². The molecule has 4 heteroatoms. The van der Waals surface area contributed by atoms with Crippen LogP contribution in [-0.4, -0.2) is 0 Å². The van der Waals surface area contributed by atoms with Gasteiger partial charge in [-0.15, -0.1) is 0 Å². The van der Waals surface area contributed by atoms with Crippen LogP contribution in [0.25, 0.3) is 0 Å². The summed E-state index contributed by atoms with van der Waals surface area (Å²) in [6.07, 6.45) is 0. The molecule has 0 nitrogen and oxygen atoms in total. The van der Waals surface area contributed by atoms with Gasteiger partial charge in [0.1, 0.15) is 0 Å². The van der Waals surface area contributed by atoms with E-state index in [0.717, 1.165) is 0 Å². The molecule has 0 spiro atoms. The molecule has 0 heterocycles. The van der Waals surface area contributed by atoms with Gasteiger partial charge in [0.2, 0.25) is 0 Å². The zero-order valence-corrected chi connectivity index (χ0v) is 6.01. The number of hydrogen-bond acceptors (Lipinski definition) is 0. The van der Waals surface area contributed by atoms with Crippen molar-refractivity contribution < 1.29 is 2.86 Å². The van der Waals surface area contributed by atoms with Crippen LogP contribution in [0.4, 0.5) is 2.86 Å². The van der Waals surface area contributed by atoms with E-state index >= 15 is 0 Å². The van der Waals surface area contributed by atoms with Crippen molar-refractivity contribution in [2.75, 3.05) is 0 Å². The van der Waals surface area contributed by atoms with Crippen LogP contribution < -0.4 is 0 Å². The molecule has 0 rings (SSSR count). The van der Waals surface area contributed by atoms with Gasteiger partial charge < -0.3 is 0 Å². The molecule has 0 atom stereocenters. The zero-order chi connectivity index (χ0) is 3.58. The van der Waals surface area contributed by atoms with Gasteiger partial charge in [-0.2, -0.15) is 0 Å². The van der Waals surface area contributed by atoms with Crippen molar-refractivity contribution in [2.24, 2.45) is 0 Å². The molecule has 0 aliphatic heterocycles. The minimum absolute atomic E-state index is 2.48. The number of rotatable bonds is 0. The van der Waals surface area contributed by atoms with Gasteiger partial charge in [-0.25, -0.2) is 0 Å². The van der Waals surface area contributed by atoms with E-state index in [1.807, 2.05) is 0 Å². The van der Waals surface area contributed by atoms with Crippen LogP contribution in [0, 0.1) is 0 Å². The van der Waals surface area contributed by atoms with E-state index in [2.05, 4.69) is 21.6 Å². The van der Waals surface area contributed by atoms with Gasteiger partial charge in [0.05, 0.1) is 0 Å². The third-order valence-corrected chi connectivity index (χ3v) is 0. The van der Waals surface area contributed by atoms with Crippen molar-refractivity contribution >= 4 is 38.6 Å². The van der Waals surface area contributed by atoms with Crippen LogP contribution in [0.2, 0.25) is 0 Å². The fourth-order valence-electron chi connectivity index (χ4n) is 0. The molecule has 0 aromatic rings. The standard InChI is InChI=1S/BrClFI/c1-4(2)3. The average molecular weight is 261 g/mol. The SMILES string of the molecule is FI(Cl)Br. The van der Waals surface area contributed by atoms with E-state index in [1.165, 1.54) is 0 Å². The molecule has 0 saturated heterocycles. The normalized spacial score (nSPS) is 11.2. The van der Waals surface area contributed by atoms with Gasteiger partial charge in [0.25, 0.3) is 0 Å². The molecule has 4 heavy (non-hydrogen) atoms. The Labute approximate surface area is 41.3 Å². The van der Waals surface area contributed by atoms with Gasteiger partial charge in [-0.1, -0.05) is 0 Å². The van der Waals surface area contributed by atoms with E-state index in [0.29, 0.717) is 0 Å². The van der Waals surface area contributed by atoms with Crippen molar-refractivity contribution in [1.29, 1.82) is 0 Å². The molecule has 0 amide bonds. The van der Waals surface area contributed by atoms with Crippen molar-refractivity contribution in [2.45, 2.75) is 0 Å². The monoisotopic (exact) mass is 260 g/mol.